The highest BCUT2D eigenvalue weighted by atomic mass is 16.1. The van der Waals surface area contributed by atoms with Gasteiger partial charge in [0.2, 0.25) is 5.91 Å². The molecule has 1 saturated heterocycles. The van der Waals surface area contributed by atoms with Crippen LogP contribution < -0.4 is 11.1 Å². The van der Waals surface area contributed by atoms with Crippen molar-refractivity contribution < 1.29 is 4.79 Å². The van der Waals surface area contributed by atoms with Crippen LogP contribution in [-0.2, 0) is 17.8 Å². The maximum Gasteiger partial charge on any atom is 0.217 e. The first-order chi connectivity index (χ1) is 12.7. The summed E-state index contributed by atoms with van der Waals surface area (Å²) >= 11 is 0. The van der Waals surface area contributed by atoms with Crippen LogP contribution >= 0.6 is 0 Å². The van der Waals surface area contributed by atoms with Crippen molar-refractivity contribution in [3.63, 3.8) is 0 Å². The molecule has 0 saturated carbocycles. The molecule has 1 aromatic rings. The van der Waals surface area contributed by atoms with Gasteiger partial charge in [-0.25, -0.2) is 0 Å². The lowest BCUT2D eigenvalue weighted by Gasteiger charge is -2.35. The molecule has 3 N–H and O–H groups in total. The minimum atomic E-state index is -0.204. The number of nitrogens with two attached hydrogens (primary N) is 1. The van der Waals surface area contributed by atoms with E-state index in [0.717, 1.165) is 64.5 Å². The Bertz CT molecular complexity index is 645. The summed E-state index contributed by atoms with van der Waals surface area (Å²) in [6.07, 6.45) is 3.76. The quantitative estimate of drug-likeness (QED) is 0.614. The highest BCUT2D eigenvalue weighted by molar-refractivity contribution is 5.80. The Kier molecular flexibility index (Phi) is 6.50. The first kappa shape index (κ1) is 18.7. The van der Waals surface area contributed by atoms with Crippen LogP contribution in [0.25, 0.3) is 0 Å². The number of nitrogens with one attached hydrogen (secondary N) is 1. The predicted octanol–water partition coefficient (Wildman–Crippen LogP) is 1.21. The lowest BCUT2D eigenvalue weighted by molar-refractivity contribution is -0.119. The molecular formula is C20H31N5O. The number of hydrogen-bond acceptors (Lipinski definition) is 3. The fraction of sp³-hybridized carbons (Fsp3) is 0.600. The van der Waals surface area contributed by atoms with Crippen LogP contribution in [-0.4, -0.2) is 61.4 Å². The maximum atomic E-state index is 11.2. The van der Waals surface area contributed by atoms with Crippen LogP contribution in [0.4, 0.5) is 0 Å². The van der Waals surface area contributed by atoms with Gasteiger partial charge in [0.05, 0.1) is 0 Å². The molecule has 6 nitrogen and oxygen atoms in total. The van der Waals surface area contributed by atoms with Crippen molar-refractivity contribution in [2.45, 2.75) is 32.2 Å². The molecule has 0 bridgehead atoms. The van der Waals surface area contributed by atoms with Gasteiger partial charge in [-0.3, -0.25) is 14.7 Å². The van der Waals surface area contributed by atoms with E-state index in [0.29, 0.717) is 12.3 Å². The van der Waals surface area contributed by atoms with E-state index in [-0.39, 0.29) is 5.91 Å². The number of benzene rings is 1. The molecule has 2 aliphatic rings. The zero-order valence-corrected chi connectivity index (χ0v) is 15.8. The number of carbonyl (C=O) groups excluding carboxylic acids is 1. The van der Waals surface area contributed by atoms with Crippen molar-refractivity contribution in [2.75, 3.05) is 39.8 Å². The first-order valence-electron chi connectivity index (χ1n) is 9.68. The second-order valence-corrected chi connectivity index (χ2v) is 7.39. The van der Waals surface area contributed by atoms with E-state index in [1.165, 1.54) is 11.1 Å². The van der Waals surface area contributed by atoms with E-state index in [2.05, 4.69) is 44.4 Å². The molecule has 1 unspecified atom stereocenters. The monoisotopic (exact) mass is 357 g/mol. The summed E-state index contributed by atoms with van der Waals surface area (Å²) in [5, 5.41) is 3.50. The summed E-state index contributed by atoms with van der Waals surface area (Å²) in [6.45, 7) is 5.88. The lowest BCUT2D eigenvalue weighted by Crippen LogP contribution is -2.48. The number of nitrogens with zero attached hydrogens (tertiary/aromatic N) is 3. The molecule has 2 heterocycles. The number of primary amides is 1. The molecule has 0 radical (unpaired) electrons. The molecule has 3 rings (SSSR count). The number of carbonyl (C=O) groups is 1. The molecule has 142 valence electrons. The predicted molar refractivity (Wildman–Crippen MR) is 105 cm³/mol. The molecular weight excluding hydrogens is 326 g/mol. The molecule has 0 aliphatic carbocycles. The Balaban J connectivity index is 1.45. The van der Waals surface area contributed by atoms with E-state index >= 15 is 0 Å². The van der Waals surface area contributed by atoms with E-state index in [9.17, 15) is 4.79 Å². The summed E-state index contributed by atoms with van der Waals surface area (Å²) in [5.41, 5.74) is 8.30. The molecule has 1 atom stereocenters. The van der Waals surface area contributed by atoms with Gasteiger partial charge in [0, 0.05) is 52.7 Å². The Morgan fingerprint density at radius 2 is 2.12 bits per heavy atom. The van der Waals surface area contributed by atoms with Gasteiger partial charge in [-0.15, -0.1) is 0 Å². The summed E-state index contributed by atoms with van der Waals surface area (Å²) in [6, 6.07) is 8.73. The van der Waals surface area contributed by atoms with E-state index in [1.807, 2.05) is 7.05 Å². The Labute approximate surface area is 156 Å². The summed E-state index contributed by atoms with van der Waals surface area (Å²) in [5.74, 6) is 1.08. The third-order valence-corrected chi connectivity index (χ3v) is 5.44. The van der Waals surface area contributed by atoms with E-state index in [4.69, 9.17) is 5.73 Å². The van der Waals surface area contributed by atoms with Crippen molar-refractivity contribution in [1.82, 2.24) is 15.1 Å². The van der Waals surface area contributed by atoms with Crippen molar-refractivity contribution in [2.24, 2.45) is 16.6 Å². The molecule has 1 aromatic carbocycles. The summed E-state index contributed by atoms with van der Waals surface area (Å²) in [7, 11) is 1.83. The Hall–Kier alpha value is -2.08. The topological polar surface area (TPSA) is 74.0 Å². The van der Waals surface area contributed by atoms with Gasteiger partial charge in [0.25, 0.3) is 0 Å². The highest BCUT2D eigenvalue weighted by Crippen LogP contribution is 2.20. The number of hydrogen-bond donors (Lipinski definition) is 2. The standard InChI is InChI=1S/C20H31N5O/c1-22-20(25-10-4-5-16(14-25)13-19(21)26)23-9-12-24-11-8-17-6-2-3-7-18(17)15-24/h2-3,6-7,16H,4-5,8-15H2,1H3,(H2,21,26)(H,22,23). The second kappa shape index (κ2) is 9.03. The van der Waals surface area contributed by atoms with E-state index < -0.39 is 0 Å². The Morgan fingerprint density at radius 3 is 2.88 bits per heavy atom. The van der Waals surface area contributed by atoms with Crippen LogP contribution in [0.5, 0.6) is 0 Å². The second-order valence-electron chi connectivity index (χ2n) is 7.39. The minimum Gasteiger partial charge on any atom is -0.370 e. The molecule has 1 amide bonds. The number of guanidine groups is 1. The van der Waals surface area contributed by atoms with E-state index in [1.54, 1.807) is 0 Å². The van der Waals surface area contributed by atoms with Crippen molar-refractivity contribution >= 4 is 11.9 Å². The number of fused-ring (bicyclic) bond motifs is 1. The molecule has 0 spiro atoms. The average Bonchev–Trinajstić information content (AvgIpc) is 2.65. The number of piperidine rings is 1. The number of amides is 1. The molecule has 6 heteroatoms. The van der Waals surface area contributed by atoms with Crippen LogP contribution in [0.2, 0.25) is 0 Å². The molecule has 1 fully saturated rings. The number of likely N-dealkylation sites (tertiary alicyclic amines) is 1. The first-order valence-corrected chi connectivity index (χ1v) is 9.68. The van der Waals surface area contributed by atoms with Crippen molar-refractivity contribution in [3.05, 3.63) is 35.4 Å². The summed E-state index contributed by atoms with van der Waals surface area (Å²) in [4.78, 5) is 20.4. The van der Waals surface area contributed by atoms with Crippen LogP contribution in [0.3, 0.4) is 0 Å². The highest BCUT2D eigenvalue weighted by Gasteiger charge is 2.23. The molecule has 0 aromatic heterocycles. The van der Waals surface area contributed by atoms with Gasteiger partial charge in [-0.1, -0.05) is 24.3 Å². The number of aliphatic imine (C=N–C) groups is 1. The fourth-order valence-electron chi connectivity index (χ4n) is 4.11. The van der Waals surface area contributed by atoms with Gasteiger partial charge in [0.1, 0.15) is 0 Å². The largest absolute Gasteiger partial charge is 0.370 e. The zero-order chi connectivity index (χ0) is 18.4. The van der Waals surface area contributed by atoms with Gasteiger partial charge < -0.3 is 16.0 Å². The third kappa shape index (κ3) is 4.97. The zero-order valence-electron chi connectivity index (χ0n) is 15.8. The third-order valence-electron chi connectivity index (χ3n) is 5.44. The van der Waals surface area contributed by atoms with Crippen molar-refractivity contribution in [3.8, 4) is 0 Å². The van der Waals surface area contributed by atoms with Gasteiger partial charge in [0.15, 0.2) is 5.96 Å². The SMILES string of the molecule is CN=C(NCCN1CCc2ccccc2C1)N1CCCC(CC(N)=O)C1. The van der Waals surface area contributed by atoms with Crippen LogP contribution in [0.15, 0.2) is 29.3 Å². The fourth-order valence-corrected chi connectivity index (χ4v) is 4.11. The minimum absolute atomic E-state index is 0.204. The number of rotatable bonds is 5. The maximum absolute atomic E-state index is 11.2. The lowest BCUT2D eigenvalue weighted by atomic mass is 9.95. The smallest absolute Gasteiger partial charge is 0.217 e. The van der Waals surface area contributed by atoms with Crippen LogP contribution in [0, 0.1) is 5.92 Å². The summed E-state index contributed by atoms with van der Waals surface area (Å²) < 4.78 is 0. The van der Waals surface area contributed by atoms with Crippen molar-refractivity contribution in [1.29, 1.82) is 0 Å². The average molecular weight is 358 g/mol. The Morgan fingerprint density at radius 1 is 1.31 bits per heavy atom. The van der Waals surface area contributed by atoms with Gasteiger partial charge >= 0.3 is 0 Å². The normalized spacial score (nSPS) is 21.3. The van der Waals surface area contributed by atoms with Crippen LogP contribution in [0.1, 0.15) is 30.4 Å². The molecule has 26 heavy (non-hydrogen) atoms. The molecule has 2 aliphatic heterocycles. The van der Waals surface area contributed by atoms with Gasteiger partial charge in [-0.05, 0) is 36.3 Å². The van der Waals surface area contributed by atoms with Gasteiger partial charge in [-0.2, -0.15) is 0 Å².